The molecule has 0 radical (unpaired) electrons. The molecule has 0 atom stereocenters. The Kier molecular flexibility index (Phi) is 6.07. The number of carbonyl (C=O) groups is 1. The largest absolute Gasteiger partial charge is 0.494 e. The number of anilines is 1. The fraction of sp³-hybridized carbons (Fsp3) is 0.250. The molecule has 0 unspecified atom stereocenters. The molecule has 0 aliphatic heterocycles. The summed E-state index contributed by atoms with van der Waals surface area (Å²) in [5.41, 5.74) is 0.329. The molecule has 0 aliphatic carbocycles. The zero-order valence-corrected chi connectivity index (χ0v) is 13.1. The number of hydrogen-bond acceptors (Lipinski definition) is 7. The fourth-order valence-electron chi connectivity index (χ4n) is 1.88. The maximum Gasteiger partial charge on any atom is 0.338 e. The highest BCUT2D eigenvalue weighted by Gasteiger charge is 2.08. The third kappa shape index (κ3) is 4.94. The Morgan fingerprint density at radius 3 is 2.83 bits per heavy atom. The average Bonchev–Trinajstić information content (AvgIpc) is 2.59. The first-order valence-corrected chi connectivity index (χ1v) is 7.34. The number of nitrogens with zero attached hydrogens (tertiary/aromatic N) is 2. The van der Waals surface area contributed by atoms with Gasteiger partial charge in [0.1, 0.15) is 24.4 Å². The molecule has 2 aromatic rings. The summed E-state index contributed by atoms with van der Waals surface area (Å²) in [6.45, 7) is 2.85. The van der Waals surface area contributed by atoms with Gasteiger partial charge in [-0.3, -0.25) is 10.1 Å². The third-order valence-electron chi connectivity index (χ3n) is 2.98. The van der Waals surface area contributed by atoms with Crippen LogP contribution in [-0.2, 0) is 4.74 Å². The molecule has 0 fully saturated rings. The zero-order chi connectivity index (χ0) is 17.4. The van der Waals surface area contributed by atoms with E-state index in [1.807, 2.05) is 6.92 Å². The van der Waals surface area contributed by atoms with Crippen molar-refractivity contribution in [3.05, 3.63) is 58.3 Å². The number of ether oxygens (including phenoxy) is 2. The lowest BCUT2D eigenvalue weighted by Gasteiger charge is -2.08. The molecular weight excluding hydrogens is 314 g/mol. The molecule has 0 amide bonds. The lowest BCUT2D eigenvalue weighted by atomic mass is 10.2. The van der Waals surface area contributed by atoms with Gasteiger partial charge >= 0.3 is 5.97 Å². The van der Waals surface area contributed by atoms with Crippen LogP contribution in [0.2, 0.25) is 0 Å². The van der Waals surface area contributed by atoms with Crippen LogP contribution >= 0.6 is 0 Å². The predicted octanol–water partition coefficient (Wildman–Crippen LogP) is 2.66. The second kappa shape index (κ2) is 8.47. The molecule has 0 bridgehead atoms. The van der Waals surface area contributed by atoms with Gasteiger partial charge in [-0.2, -0.15) is 0 Å². The molecular formula is C16H17N3O5. The van der Waals surface area contributed by atoms with Crippen LogP contribution in [0, 0.1) is 10.1 Å². The minimum Gasteiger partial charge on any atom is -0.494 e. The van der Waals surface area contributed by atoms with Crippen LogP contribution in [0.25, 0.3) is 0 Å². The molecule has 1 N–H and O–H groups in total. The zero-order valence-electron chi connectivity index (χ0n) is 13.1. The number of aromatic nitrogens is 1. The maximum absolute atomic E-state index is 11.9. The van der Waals surface area contributed by atoms with Gasteiger partial charge in [-0.05, 0) is 31.2 Å². The van der Waals surface area contributed by atoms with Gasteiger partial charge in [0.25, 0.3) is 5.69 Å². The normalized spacial score (nSPS) is 10.0. The van der Waals surface area contributed by atoms with Crippen LogP contribution in [0.5, 0.6) is 5.75 Å². The summed E-state index contributed by atoms with van der Waals surface area (Å²) in [4.78, 5) is 25.8. The van der Waals surface area contributed by atoms with Crippen molar-refractivity contribution >= 4 is 17.5 Å². The Hall–Kier alpha value is -3.16. The standard InChI is InChI=1S/C16H17N3O5/c1-2-23-14-5-3-4-12(10-14)16(20)24-9-8-17-15-7-6-13(11-18-15)19(21)22/h3-7,10-11H,2,8-9H2,1H3,(H,17,18). The van der Waals surface area contributed by atoms with Gasteiger partial charge in [-0.1, -0.05) is 6.07 Å². The van der Waals surface area contributed by atoms with Crippen molar-refractivity contribution in [1.82, 2.24) is 4.98 Å². The summed E-state index contributed by atoms with van der Waals surface area (Å²) in [6, 6.07) is 9.60. The van der Waals surface area contributed by atoms with Crippen LogP contribution in [0.4, 0.5) is 11.5 Å². The lowest BCUT2D eigenvalue weighted by Crippen LogP contribution is -2.14. The molecule has 126 valence electrons. The summed E-state index contributed by atoms with van der Waals surface area (Å²) in [6.07, 6.45) is 1.16. The van der Waals surface area contributed by atoms with E-state index in [0.717, 1.165) is 6.20 Å². The smallest absolute Gasteiger partial charge is 0.338 e. The van der Waals surface area contributed by atoms with Crippen molar-refractivity contribution in [2.45, 2.75) is 6.92 Å². The Labute approximate surface area is 138 Å². The highest BCUT2D eigenvalue weighted by molar-refractivity contribution is 5.89. The molecule has 8 heteroatoms. The van der Waals surface area contributed by atoms with E-state index in [1.54, 1.807) is 24.3 Å². The Morgan fingerprint density at radius 2 is 2.17 bits per heavy atom. The molecule has 0 spiro atoms. The molecule has 24 heavy (non-hydrogen) atoms. The fourth-order valence-corrected chi connectivity index (χ4v) is 1.88. The average molecular weight is 331 g/mol. The van der Waals surface area contributed by atoms with Crippen LogP contribution < -0.4 is 10.1 Å². The molecule has 0 saturated heterocycles. The molecule has 1 heterocycles. The first-order valence-electron chi connectivity index (χ1n) is 7.34. The van der Waals surface area contributed by atoms with E-state index in [-0.39, 0.29) is 12.3 Å². The Bertz CT molecular complexity index is 703. The lowest BCUT2D eigenvalue weighted by molar-refractivity contribution is -0.385. The maximum atomic E-state index is 11.9. The van der Waals surface area contributed by atoms with Crippen molar-refractivity contribution in [2.75, 3.05) is 25.1 Å². The van der Waals surface area contributed by atoms with Gasteiger partial charge in [0.15, 0.2) is 0 Å². The predicted molar refractivity (Wildman–Crippen MR) is 87.3 cm³/mol. The number of esters is 1. The number of nitrogens with one attached hydrogen (secondary N) is 1. The van der Waals surface area contributed by atoms with Crippen LogP contribution in [0.3, 0.4) is 0 Å². The van der Waals surface area contributed by atoms with E-state index < -0.39 is 10.9 Å². The van der Waals surface area contributed by atoms with Crippen molar-refractivity contribution in [2.24, 2.45) is 0 Å². The van der Waals surface area contributed by atoms with Crippen molar-refractivity contribution in [1.29, 1.82) is 0 Å². The van der Waals surface area contributed by atoms with Crippen molar-refractivity contribution < 1.29 is 19.2 Å². The molecule has 1 aromatic heterocycles. The molecule has 0 aliphatic rings. The Balaban J connectivity index is 1.78. The van der Waals surface area contributed by atoms with Gasteiger partial charge < -0.3 is 14.8 Å². The first kappa shape index (κ1) is 17.2. The van der Waals surface area contributed by atoms with E-state index in [0.29, 0.717) is 30.3 Å². The molecule has 8 nitrogen and oxygen atoms in total. The monoisotopic (exact) mass is 331 g/mol. The van der Waals surface area contributed by atoms with E-state index in [9.17, 15) is 14.9 Å². The second-order valence-corrected chi connectivity index (χ2v) is 4.68. The number of hydrogen-bond donors (Lipinski definition) is 1. The molecule has 2 rings (SSSR count). The summed E-state index contributed by atoms with van der Waals surface area (Å²) in [5, 5.41) is 13.4. The third-order valence-corrected chi connectivity index (χ3v) is 2.98. The van der Waals surface area contributed by atoms with Gasteiger partial charge in [0, 0.05) is 6.07 Å². The van der Waals surface area contributed by atoms with Crippen molar-refractivity contribution in [3.63, 3.8) is 0 Å². The minimum atomic E-state index is -0.519. The quantitative estimate of drug-likeness (QED) is 0.343. The molecule has 0 saturated carbocycles. The van der Waals surface area contributed by atoms with Gasteiger partial charge in [-0.15, -0.1) is 0 Å². The number of rotatable bonds is 8. The summed E-state index contributed by atoms with van der Waals surface area (Å²) >= 11 is 0. The number of carbonyl (C=O) groups excluding carboxylic acids is 1. The highest BCUT2D eigenvalue weighted by atomic mass is 16.6. The first-order chi connectivity index (χ1) is 11.6. The van der Waals surface area contributed by atoms with Gasteiger partial charge in [0.05, 0.1) is 23.6 Å². The van der Waals surface area contributed by atoms with Crippen LogP contribution in [0.1, 0.15) is 17.3 Å². The van der Waals surface area contributed by atoms with Crippen molar-refractivity contribution in [3.8, 4) is 5.75 Å². The second-order valence-electron chi connectivity index (χ2n) is 4.68. The SMILES string of the molecule is CCOc1cccc(C(=O)OCCNc2ccc([N+](=O)[O-])cn2)c1. The van der Waals surface area contributed by atoms with Gasteiger partial charge in [-0.25, -0.2) is 9.78 Å². The van der Waals surface area contributed by atoms with E-state index >= 15 is 0 Å². The van der Waals surface area contributed by atoms with E-state index in [2.05, 4.69) is 10.3 Å². The molecule has 1 aromatic carbocycles. The summed E-state index contributed by atoms with van der Waals surface area (Å²) in [7, 11) is 0. The number of nitro groups is 1. The number of pyridine rings is 1. The Morgan fingerprint density at radius 1 is 1.33 bits per heavy atom. The minimum absolute atomic E-state index is 0.0823. The highest BCUT2D eigenvalue weighted by Crippen LogP contribution is 2.14. The van der Waals surface area contributed by atoms with Crippen LogP contribution in [0.15, 0.2) is 42.6 Å². The van der Waals surface area contributed by atoms with Gasteiger partial charge in [0.2, 0.25) is 0 Å². The van der Waals surface area contributed by atoms with Crippen LogP contribution in [-0.4, -0.2) is 35.6 Å². The van der Waals surface area contributed by atoms with E-state index in [4.69, 9.17) is 9.47 Å². The summed E-state index contributed by atoms with van der Waals surface area (Å²) in [5.74, 6) is 0.630. The summed E-state index contributed by atoms with van der Waals surface area (Å²) < 4.78 is 10.5. The van der Waals surface area contributed by atoms with E-state index in [1.165, 1.54) is 12.1 Å². The number of benzene rings is 1. The topological polar surface area (TPSA) is 104 Å².